The lowest BCUT2D eigenvalue weighted by Gasteiger charge is -2.29. The van der Waals surface area contributed by atoms with Crippen molar-refractivity contribution in [2.45, 2.75) is 19.4 Å². The Bertz CT molecular complexity index is 594. The number of halogens is 1. The van der Waals surface area contributed by atoms with Gasteiger partial charge in [0, 0.05) is 17.2 Å². The highest BCUT2D eigenvalue weighted by Crippen LogP contribution is 2.21. The van der Waals surface area contributed by atoms with Crippen LogP contribution in [0.4, 0.5) is 0 Å². The van der Waals surface area contributed by atoms with E-state index >= 15 is 0 Å². The molecule has 0 saturated carbocycles. The second-order valence-corrected chi connectivity index (χ2v) is 5.86. The van der Waals surface area contributed by atoms with Gasteiger partial charge in [0.05, 0.1) is 6.54 Å². The van der Waals surface area contributed by atoms with E-state index in [0.717, 1.165) is 31.5 Å². The van der Waals surface area contributed by atoms with Crippen molar-refractivity contribution < 1.29 is 9.63 Å². The molecule has 0 bridgehead atoms. The molecular formula is C15H18ClN3O2. The topological polar surface area (TPSA) is 62.4 Å². The molecule has 2 aromatic rings. The van der Waals surface area contributed by atoms with E-state index < -0.39 is 0 Å². The van der Waals surface area contributed by atoms with Gasteiger partial charge in [-0.05, 0) is 44.0 Å². The van der Waals surface area contributed by atoms with Crippen LogP contribution in [0, 0.1) is 5.92 Å². The summed E-state index contributed by atoms with van der Waals surface area (Å²) in [4.78, 5) is 6.71. The lowest BCUT2D eigenvalue weighted by atomic mass is 9.98. The van der Waals surface area contributed by atoms with E-state index in [1.54, 1.807) is 0 Å². The van der Waals surface area contributed by atoms with Crippen LogP contribution in [-0.2, 0) is 6.54 Å². The molecule has 1 aliphatic rings. The van der Waals surface area contributed by atoms with Gasteiger partial charge in [-0.1, -0.05) is 28.9 Å². The maximum atomic E-state index is 9.15. The molecule has 1 fully saturated rings. The molecule has 0 aliphatic carbocycles. The van der Waals surface area contributed by atoms with Gasteiger partial charge in [0.2, 0.25) is 11.7 Å². The van der Waals surface area contributed by atoms with Gasteiger partial charge in [-0.25, -0.2) is 0 Å². The summed E-state index contributed by atoms with van der Waals surface area (Å²) in [7, 11) is 0. The van der Waals surface area contributed by atoms with Crippen LogP contribution < -0.4 is 0 Å². The maximum absolute atomic E-state index is 9.15. The van der Waals surface area contributed by atoms with Crippen molar-refractivity contribution in [3.05, 3.63) is 35.2 Å². The molecule has 0 unspecified atom stereocenters. The van der Waals surface area contributed by atoms with E-state index in [1.807, 2.05) is 24.3 Å². The average Bonchev–Trinajstić information content (AvgIpc) is 2.97. The molecule has 1 aliphatic heterocycles. The summed E-state index contributed by atoms with van der Waals surface area (Å²) in [6, 6.07) is 7.42. The molecule has 1 saturated heterocycles. The molecule has 0 amide bonds. The van der Waals surface area contributed by atoms with Gasteiger partial charge >= 0.3 is 0 Å². The zero-order valence-corrected chi connectivity index (χ0v) is 12.5. The number of piperidine rings is 1. The molecule has 6 heteroatoms. The zero-order valence-electron chi connectivity index (χ0n) is 11.7. The van der Waals surface area contributed by atoms with E-state index in [0.29, 0.717) is 29.2 Å². The van der Waals surface area contributed by atoms with Crippen LogP contribution >= 0.6 is 11.6 Å². The molecule has 0 spiro atoms. The predicted molar refractivity (Wildman–Crippen MR) is 79.8 cm³/mol. The molecular weight excluding hydrogens is 290 g/mol. The lowest BCUT2D eigenvalue weighted by Crippen LogP contribution is -2.34. The number of nitrogens with zero attached hydrogens (tertiary/aromatic N) is 3. The highest BCUT2D eigenvalue weighted by Gasteiger charge is 2.20. The summed E-state index contributed by atoms with van der Waals surface area (Å²) in [6.07, 6.45) is 2.04. The van der Waals surface area contributed by atoms with Crippen molar-refractivity contribution in [3.8, 4) is 11.4 Å². The Morgan fingerprint density at radius 1 is 1.33 bits per heavy atom. The molecule has 5 nitrogen and oxygen atoms in total. The number of likely N-dealkylation sites (tertiary alicyclic amines) is 1. The van der Waals surface area contributed by atoms with Gasteiger partial charge in [0.15, 0.2) is 0 Å². The summed E-state index contributed by atoms with van der Waals surface area (Å²) in [5.41, 5.74) is 0.858. The first-order valence-corrected chi connectivity index (χ1v) is 7.54. The molecule has 112 valence electrons. The Kier molecular flexibility index (Phi) is 4.53. The quantitative estimate of drug-likeness (QED) is 0.940. The zero-order chi connectivity index (χ0) is 14.7. The number of hydrogen-bond acceptors (Lipinski definition) is 5. The number of aromatic nitrogens is 2. The van der Waals surface area contributed by atoms with Gasteiger partial charge in [-0.2, -0.15) is 4.98 Å². The third-order valence-electron chi connectivity index (χ3n) is 3.88. The molecule has 1 N–H and O–H groups in total. The predicted octanol–water partition coefficient (Wildman–Crippen LogP) is 2.59. The van der Waals surface area contributed by atoms with Crippen molar-refractivity contribution in [2.75, 3.05) is 19.7 Å². The number of aliphatic hydroxyl groups is 1. The highest BCUT2D eigenvalue weighted by atomic mass is 35.5. The average molecular weight is 308 g/mol. The Balaban J connectivity index is 1.63. The molecule has 21 heavy (non-hydrogen) atoms. The molecule has 3 rings (SSSR count). The number of hydrogen-bond donors (Lipinski definition) is 1. The van der Waals surface area contributed by atoms with E-state index in [9.17, 15) is 0 Å². The van der Waals surface area contributed by atoms with Crippen LogP contribution in [0.1, 0.15) is 18.7 Å². The third kappa shape index (κ3) is 3.61. The molecule has 0 atom stereocenters. The summed E-state index contributed by atoms with van der Waals surface area (Å²) >= 11 is 5.97. The van der Waals surface area contributed by atoms with E-state index in [-0.39, 0.29) is 6.61 Å². The van der Waals surface area contributed by atoms with Crippen LogP contribution in [0.25, 0.3) is 11.4 Å². The van der Waals surface area contributed by atoms with Crippen LogP contribution in [0.3, 0.4) is 0 Å². The van der Waals surface area contributed by atoms with Crippen LogP contribution in [0.15, 0.2) is 28.8 Å². The van der Waals surface area contributed by atoms with Gasteiger partial charge in [-0.3, -0.25) is 4.90 Å². The fourth-order valence-electron chi connectivity index (χ4n) is 2.58. The van der Waals surface area contributed by atoms with Gasteiger partial charge in [0.1, 0.15) is 0 Å². The van der Waals surface area contributed by atoms with Gasteiger partial charge in [-0.15, -0.1) is 0 Å². The molecule has 1 aromatic heterocycles. The van der Waals surface area contributed by atoms with Crippen molar-refractivity contribution in [1.82, 2.24) is 15.0 Å². The molecule has 0 radical (unpaired) electrons. The third-order valence-corrected chi connectivity index (χ3v) is 4.11. The monoisotopic (exact) mass is 307 g/mol. The van der Waals surface area contributed by atoms with E-state index in [4.69, 9.17) is 21.2 Å². The van der Waals surface area contributed by atoms with Crippen LogP contribution in [0.2, 0.25) is 5.02 Å². The lowest BCUT2D eigenvalue weighted by molar-refractivity contribution is 0.119. The first kappa shape index (κ1) is 14.5. The van der Waals surface area contributed by atoms with E-state index in [2.05, 4.69) is 15.0 Å². The fraction of sp³-hybridized carbons (Fsp3) is 0.467. The Morgan fingerprint density at radius 2 is 2.14 bits per heavy atom. The maximum Gasteiger partial charge on any atom is 0.241 e. The van der Waals surface area contributed by atoms with E-state index in [1.165, 1.54) is 0 Å². The molecule has 2 heterocycles. The van der Waals surface area contributed by atoms with Crippen molar-refractivity contribution in [2.24, 2.45) is 5.92 Å². The largest absolute Gasteiger partial charge is 0.396 e. The first-order chi connectivity index (χ1) is 10.2. The second-order valence-electron chi connectivity index (χ2n) is 5.42. The summed E-state index contributed by atoms with van der Waals surface area (Å²) in [6.45, 7) is 2.86. The summed E-state index contributed by atoms with van der Waals surface area (Å²) in [5.74, 6) is 1.62. The van der Waals surface area contributed by atoms with Gasteiger partial charge < -0.3 is 9.63 Å². The summed E-state index contributed by atoms with van der Waals surface area (Å²) in [5, 5.41) is 13.8. The fourth-order valence-corrected chi connectivity index (χ4v) is 2.77. The molecule has 1 aromatic carbocycles. The number of benzene rings is 1. The number of rotatable bonds is 4. The van der Waals surface area contributed by atoms with Crippen LogP contribution in [0.5, 0.6) is 0 Å². The SMILES string of the molecule is OCC1CCN(Cc2nc(-c3cccc(Cl)c3)no2)CC1. The summed E-state index contributed by atoms with van der Waals surface area (Å²) < 4.78 is 5.32. The minimum absolute atomic E-state index is 0.285. The van der Waals surface area contributed by atoms with Crippen LogP contribution in [-0.4, -0.2) is 39.8 Å². The Hall–Kier alpha value is -1.43. The Labute approximate surface area is 128 Å². The van der Waals surface area contributed by atoms with Crippen molar-refractivity contribution in [1.29, 1.82) is 0 Å². The normalized spacial score (nSPS) is 17.2. The Morgan fingerprint density at radius 3 is 2.86 bits per heavy atom. The minimum atomic E-state index is 0.285. The number of aliphatic hydroxyl groups excluding tert-OH is 1. The minimum Gasteiger partial charge on any atom is -0.396 e. The smallest absolute Gasteiger partial charge is 0.241 e. The first-order valence-electron chi connectivity index (χ1n) is 7.16. The second kappa shape index (κ2) is 6.56. The highest BCUT2D eigenvalue weighted by molar-refractivity contribution is 6.30. The standard InChI is InChI=1S/C15H18ClN3O2/c16-13-3-1-2-12(8-13)15-17-14(21-18-15)9-19-6-4-11(10-20)5-7-19/h1-3,8,11,20H,4-7,9-10H2. The van der Waals surface area contributed by atoms with Crippen molar-refractivity contribution in [3.63, 3.8) is 0 Å². The van der Waals surface area contributed by atoms with Gasteiger partial charge in [0.25, 0.3) is 0 Å². The van der Waals surface area contributed by atoms with Crippen molar-refractivity contribution >= 4 is 11.6 Å².